The highest BCUT2D eigenvalue weighted by molar-refractivity contribution is 5.96. The molecule has 0 radical (unpaired) electrons. The van der Waals surface area contributed by atoms with Gasteiger partial charge in [0.05, 0.1) is 6.04 Å². The van der Waals surface area contributed by atoms with Crippen LogP contribution in [0.1, 0.15) is 46.0 Å². The van der Waals surface area contributed by atoms with E-state index in [4.69, 9.17) is 0 Å². The highest BCUT2D eigenvalue weighted by Crippen LogP contribution is 2.24. The van der Waals surface area contributed by atoms with Gasteiger partial charge in [0.25, 0.3) is 0 Å². The van der Waals surface area contributed by atoms with Crippen molar-refractivity contribution >= 4 is 17.5 Å². The second kappa shape index (κ2) is 9.36. The molecule has 148 valence electrons. The number of hydrogen-bond donors (Lipinski definition) is 0. The average Bonchev–Trinajstić information content (AvgIpc) is 2.74. The molecule has 2 saturated heterocycles. The lowest BCUT2D eigenvalue weighted by atomic mass is 9.93. The molecule has 5 heteroatoms. The van der Waals surface area contributed by atoms with Crippen molar-refractivity contribution in [2.24, 2.45) is 5.92 Å². The van der Waals surface area contributed by atoms with Crippen LogP contribution >= 0.6 is 0 Å². The molecule has 2 heterocycles. The molecule has 0 bridgehead atoms. The van der Waals surface area contributed by atoms with E-state index in [0.717, 1.165) is 57.5 Å². The Balaban J connectivity index is 1.55. The Morgan fingerprint density at radius 3 is 2.26 bits per heavy atom. The van der Waals surface area contributed by atoms with Crippen molar-refractivity contribution in [1.82, 2.24) is 9.80 Å². The molecule has 0 aliphatic carbocycles. The molecule has 27 heavy (non-hydrogen) atoms. The molecule has 2 aliphatic heterocycles. The topological polar surface area (TPSA) is 43.9 Å². The summed E-state index contributed by atoms with van der Waals surface area (Å²) in [6.45, 7) is 8.18. The third-order valence-corrected chi connectivity index (χ3v) is 6.10. The number of likely N-dealkylation sites (tertiary alicyclic amines) is 2. The monoisotopic (exact) mass is 371 g/mol. The van der Waals surface area contributed by atoms with Gasteiger partial charge in [0.1, 0.15) is 0 Å². The Morgan fingerprint density at radius 2 is 1.67 bits per heavy atom. The molecule has 2 fully saturated rings. The molecule has 1 atom stereocenters. The summed E-state index contributed by atoms with van der Waals surface area (Å²) in [7, 11) is 0. The van der Waals surface area contributed by atoms with Crippen LogP contribution < -0.4 is 4.90 Å². The predicted molar refractivity (Wildman–Crippen MR) is 109 cm³/mol. The number of likely N-dealkylation sites (N-methyl/N-ethyl adjacent to an activating group) is 1. The number of carbonyl (C=O) groups is 2. The number of benzene rings is 1. The summed E-state index contributed by atoms with van der Waals surface area (Å²) in [6, 6.07) is 9.71. The van der Waals surface area contributed by atoms with E-state index in [-0.39, 0.29) is 17.9 Å². The van der Waals surface area contributed by atoms with Crippen molar-refractivity contribution in [2.75, 3.05) is 37.6 Å². The first-order valence-corrected chi connectivity index (χ1v) is 10.5. The molecule has 2 aliphatic rings. The van der Waals surface area contributed by atoms with Gasteiger partial charge >= 0.3 is 0 Å². The number of para-hydroxylation sites is 1. The second-order valence-corrected chi connectivity index (χ2v) is 7.79. The zero-order chi connectivity index (χ0) is 19.2. The largest absolute Gasteiger partial charge is 0.342 e. The number of hydrogen-bond acceptors (Lipinski definition) is 3. The van der Waals surface area contributed by atoms with Crippen molar-refractivity contribution < 1.29 is 9.59 Å². The lowest BCUT2D eigenvalue weighted by Gasteiger charge is -2.38. The van der Waals surface area contributed by atoms with Crippen molar-refractivity contribution in [3.05, 3.63) is 30.3 Å². The van der Waals surface area contributed by atoms with E-state index in [1.165, 1.54) is 6.42 Å². The van der Waals surface area contributed by atoms with Gasteiger partial charge in [-0.15, -0.1) is 0 Å². The van der Waals surface area contributed by atoms with E-state index in [0.29, 0.717) is 12.5 Å². The maximum absolute atomic E-state index is 13.0. The van der Waals surface area contributed by atoms with E-state index in [9.17, 15) is 9.59 Å². The quantitative estimate of drug-likeness (QED) is 0.799. The van der Waals surface area contributed by atoms with Gasteiger partial charge in [-0.3, -0.25) is 14.5 Å². The molecule has 1 unspecified atom stereocenters. The Bertz CT molecular complexity index is 620. The number of nitrogens with zero attached hydrogens (tertiary/aromatic N) is 3. The molecule has 3 rings (SSSR count). The maximum atomic E-state index is 13.0. The number of amides is 2. The fraction of sp³-hybridized carbons (Fsp3) is 0.636. The molecule has 0 saturated carbocycles. The van der Waals surface area contributed by atoms with Crippen LogP contribution in [0.2, 0.25) is 0 Å². The molecule has 0 spiro atoms. The molecular formula is C22H33N3O2. The van der Waals surface area contributed by atoms with Gasteiger partial charge in [0, 0.05) is 31.2 Å². The summed E-state index contributed by atoms with van der Waals surface area (Å²) >= 11 is 0. The van der Waals surface area contributed by atoms with Crippen LogP contribution in [0.3, 0.4) is 0 Å². The van der Waals surface area contributed by atoms with E-state index in [1.54, 1.807) is 0 Å². The minimum absolute atomic E-state index is 0.137. The molecular weight excluding hydrogens is 338 g/mol. The first kappa shape index (κ1) is 19.9. The highest BCUT2D eigenvalue weighted by atomic mass is 16.2. The Hall–Kier alpha value is -1.88. The zero-order valence-corrected chi connectivity index (χ0v) is 16.8. The summed E-state index contributed by atoms with van der Waals surface area (Å²) < 4.78 is 0. The summed E-state index contributed by atoms with van der Waals surface area (Å²) in [4.78, 5) is 31.9. The first-order chi connectivity index (χ1) is 13.1. The number of rotatable bonds is 5. The van der Waals surface area contributed by atoms with Crippen LogP contribution in [0.15, 0.2) is 30.3 Å². The number of carbonyl (C=O) groups excluding carboxylic acids is 2. The fourth-order valence-electron chi connectivity index (χ4n) is 4.36. The number of anilines is 1. The summed E-state index contributed by atoms with van der Waals surface area (Å²) in [5.41, 5.74) is 0.951. The third-order valence-electron chi connectivity index (χ3n) is 6.10. The van der Waals surface area contributed by atoms with Crippen molar-refractivity contribution in [1.29, 1.82) is 0 Å². The summed E-state index contributed by atoms with van der Waals surface area (Å²) in [6.07, 6.45) is 5.26. The lowest BCUT2D eigenvalue weighted by Crippen LogP contribution is -2.51. The normalized spacial score (nSPS) is 20.3. The Labute approximate surface area is 163 Å². The van der Waals surface area contributed by atoms with Gasteiger partial charge in [0.2, 0.25) is 11.8 Å². The minimum Gasteiger partial charge on any atom is -0.342 e. The molecule has 1 aromatic rings. The Kier molecular flexibility index (Phi) is 6.89. The van der Waals surface area contributed by atoms with Crippen LogP contribution in [0.4, 0.5) is 5.69 Å². The SMILES string of the molecule is CCN(C(=O)C(C)N1CCC(C(=O)N2CCCCC2)CC1)c1ccccc1. The van der Waals surface area contributed by atoms with Gasteiger partial charge in [-0.1, -0.05) is 18.2 Å². The molecule has 1 aromatic carbocycles. The summed E-state index contributed by atoms with van der Waals surface area (Å²) in [5.74, 6) is 0.621. The number of piperidine rings is 2. The van der Waals surface area contributed by atoms with E-state index in [2.05, 4.69) is 9.80 Å². The first-order valence-electron chi connectivity index (χ1n) is 10.5. The fourth-order valence-corrected chi connectivity index (χ4v) is 4.36. The van der Waals surface area contributed by atoms with Crippen LogP contribution in [0.5, 0.6) is 0 Å². The summed E-state index contributed by atoms with van der Waals surface area (Å²) in [5, 5.41) is 0. The van der Waals surface area contributed by atoms with Crippen LogP contribution in [-0.2, 0) is 9.59 Å². The van der Waals surface area contributed by atoms with Crippen LogP contribution in [0, 0.1) is 5.92 Å². The van der Waals surface area contributed by atoms with Crippen LogP contribution in [-0.4, -0.2) is 60.4 Å². The van der Waals surface area contributed by atoms with Gasteiger partial charge in [0.15, 0.2) is 0 Å². The highest BCUT2D eigenvalue weighted by Gasteiger charge is 2.33. The van der Waals surface area contributed by atoms with Gasteiger partial charge in [-0.05, 0) is 71.2 Å². The lowest BCUT2D eigenvalue weighted by molar-refractivity contribution is -0.138. The van der Waals surface area contributed by atoms with Crippen molar-refractivity contribution in [3.63, 3.8) is 0 Å². The smallest absolute Gasteiger partial charge is 0.244 e. The maximum Gasteiger partial charge on any atom is 0.244 e. The standard InChI is InChI=1S/C22H33N3O2/c1-3-25(20-10-6-4-7-11-20)21(26)18(2)23-16-12-19(13-17-23)22(27)24-14-8-5-9-15-24/h4,6-7,10-11,18-19H,3,5,8-9,12-17H2,1-2H3. The molecule has 2 amide bonds. The second-order valence-electron chi connectivity index (χ2n) is 7.79. The van der Waals surface area contributed by atoms with Gasteiger partial charge < -0.3 is 9.80 Å². The van der Waals surface area contributed by atoms with Gasteiger partial charge in [-0.2, -0.15) is 0 Å². The van der Waals surface area contributed by atoms with E-state index < -0.39 is 0 Å². The Morgan fingerprint density at radius 1 is 1.04 bits per heavy atom. The van der Waals surface area contributed by atoms with Crippen molar-refractivity contribution in [2.45, 2.75) is 52.0 Å². The molecule has 0 N–H and O–H groups in total. The third kappa shape index (κ3) is 4.70. The minimum atomic E-state index is -0.156. The van der Waals surface area contributed by atoms with Crippen molar-refractivity contribution in [3.8, 4) is 0 Å². The molecule has 0 aromatic heterocycles. The van der Waals surface area contributed by atoms with Gasteiger partial charge in [-0.25, -0.2) is 0 Å². The zero-order valence-electron chi connectivity index (χ0n) is 16.8. The average molecular weight is 372 g/mol. The van der Waals surface area contributed by atoms with Crippen LogP contribution in [0.25, 0.3) is 0 Å². The van der Waals surface area contributed by atoms with E-state index >= 15 is 0 Å². The van der Waals surface area contributed by atoms with E-state index in [1.807, 2.05) is 49.1 Å². The predicted octanol–water partition coefficient (Wildman–Crippen LogP) is 3.15. The molecule has 5 nitrogen and oxygen atoms in total.